The van der Waals surface area contributed by atoms with Gasteiger partial charge < -0.3 is 20.5 Å². The molecule has 2 amide bonds. The summed E-state index contributed by atoms with van der Waals surface area (Å²) in [5, 5.41) is 14.1. The lowest BCUT2D eigenvalue weighted by Gasteiger charge is -2.19. The first kappa shape index (κ1) is 19.0. The average Bonchev–Trinajstić information content (AvgIpc) is 3.43. The molecule has 1 fully saturated rings. The summed E-state index contributed by atoms with van der Waals surface area (Å²) in [6.45, 7) is 1.64. The van der Waals surface area contributed by atoms with Crippen LogP contribution < -0.4 is 10.6 Å². The molecule has 7 nitrogen and oxygen atoms in total. The normalized spacial score (nSPS) is 16.9. The highest BCUT2D eigenvalue weighted by Gasteiger charge is 2.52. The number of benzene rings is 2. The van der Waals surface area contributed by atoms with Crippen LogP contribution in [-0.4, -0.2) is 41.3 Å². The molecule has 0 aromatic heterocycles. The van der Waals surface area contributed by atoms with E-state index in [0.29, 0.717) is 12.8 Å². The minimum atomic E-state index is -1.19. The highest BCUT2D eigenvalue weighted by atomic mass is 16.5. The van der Waals surface area contributed by atoms with Gasteiger partial charge in [0, 0.05) is 5.92 Å². The Balaban J connectivity index is 1.36. The number of nitrogens with one attached hydrogen (secondary N) is 2. The molecule has 4 rings (SSSR count). The minimum Gasteiger partial charge on any atom is -0.480 e. The summed E-state index contributed by atoms with van der Waals surface area (Å²) in [6, 6.07) is 15.1. The molecule has 0 spiro atoms. The van der Waals surface area contributed by atoms with Crippen molar-refractivity contribution in [1.29, 1.82) is 0 Å². The van der Waals surface area contributed by atoms with Gasteiger partial charge in [0.1, 0.15) is 18.2 Å². The first-order chi connectivity index (χ1) is 13.9. The standard InChI is InChI=1S/C22H22N2O5/c1-13(19(25)24-22(10-11-22)20(26)27)23-21(28)29-12-18-16-8-4-2-6-14(16)15-7-3-5-9-17(15)18/h2-9,13,18H,10-12H2,1H3,(H,23,28)(H,24,25)(H,26,27). The number of hydrogen-bond donors (Lipinski definition) is 3. The molecule has 1 atom stereocenters. The van der Waals surface area contributed by atoms with Crippen LogP contribution in [0.15, 0.2) is 48.5 Å². The monoisotopic (exact) mass is 394 g/mol. The van der Waals surface area contributed by atoms with Crippen LogP contribution in [0.5, 0.6) is 0 Å². The molecule has 0 heterocycles. The summed E-state index contributed by atoms with van der Waals surface area (Å²) >= 11 is 0. The lowest BCUT2D eigenvalue weighted by Crippen LogP contribution is -2.51. The molecular weight excluding hydrogens is 372 g/mol. The largest absolute Gasteiger partial charge is 0.480 e. The smallest absolute Gasteiger partial charge is 0.407 e. The third-order valence-corrected chi connectivity index (χ3v) is 5.59. The van der Waals surface area contributed by atoms with E-state index in [-0.39, 0.29) is 12.5 Å². The number of hydrogen-bond acceptors (Lipinski definition) is 4. The lowest BCUT2D eigenvalue weighted by atomic mass is 9.98. The van der Waals surface area contributed by atoms with E-state index in [9.17, 15) is 14.4 Å². The van der Waals surface area contributed by atoms with Gasteiger partial charge in [-0.05, 0) is 42.0 Å². The summed E-state index contributed by atoms with van der Waals surface area (Å²) in [6.07, 6.45) is 0.0759. The lowest BCUT2D eigenvalue weighted by molar-refractivity contribution is -0.143. The van der Waals surface area contributed by atoms with Gasteiger partial charge in [-0.2, -0.15) is 0 Å². The van der Waals surface area contributed by atoms with Gasteiger partial charge in [0.2, 0.25) is 5.91 Å². The molecule has 2 aromatic rings. The number of ether oxygens (including phenoxy) is 1. The zero-order valence-corrected chi connectivity index (χ0v) is 16.0. The molecule has 0 radical (unpaired) electrons. The van der Waals surface area contributed by atoms with Crippen molar-refractivity contribution in [3.05, 3.63) is 59.7 Å². The number of carbonyl (C=O) groups excluding carboxylic acids is 2. The topological polar surface area (TPSA) is 105 Å². The molecule has 0 bridgehead atoms. The maximum Gasteiger partial charge on any atom is 0.407 e. The molecule has 1 unspecified atom stereocenters. The summed E-state index contributed by atoms with van der Waals surface area (Å²) < 4.78 is 5.41. The van der Waals surface area contributed by atoms with Gasteiger partial charge >= 0.3 is 12.1 Å². The van der Waals surface area contributed by atoms with Crippen LogP contribution in [0.3, 0.4) is 0 Å². The minimum absolute atomic E-state index is 0.0703. The molecule has 2 aliphatic carbocycles. The number of alkyl carbamates (subject to hydrolysis) is 1. The van der Waals surface area contributed by atoms with Crippen molar-refractivity contribution < 1.29 is 24.2 Å². The SMILES string of the molecule is CC(NC(=O)OCC1c2ccccc2-c2ccccc21)C(=O)NC1(C(=O)O)CC1. The van der Waals surface area contributed by atoms with Crippen LogP contribution in [0.1, 0.15) is 36.8 Å². The van der Waals surface area contributed by atoms with E-state index >= 15 is 0 Å². The van der Waals surface area contributed by atoms with Crippen molar-refractivity contribution in [2.24, 2.45) is 0 Å². The van der Waals surface area contributed by atoms with Gasteiger partial charge in [-0.1, -0.05) is 48.5 Å². The van der Waals surface area contributed by atoms with E-state index in [0.717, 1.165) is 22.3 Å². The van der Waals surface area contributed by atoms with Crippen LogP contribution in [-0.2, 0) is 14.3 Å². The maximum absolute atomic E-state index is 12.2. The summed E-state index contributed by atoms with van der Waals surface area (Å²) in [5.41, 5.74) is 3.28. The van der Waals surface area contributed by atoms with Crippen LogP contribution in [0, 0.1) is 0 Å². The zero-order valence-electron chi connectivity index (χ0n) is 16.0. The number of fused-ring (bicyclic) bond motifs is 3. The second-order valence-corrected chi connectivity index (χ2v) is 7.57. The van der Waals surface area contributed by atoms with Crippen LogP contribution in [0.4, 0.5) is 4.79 Å². The molecule has 3 N–H and O–H groups in total. The Bertz CT molecular complexity index is 937. The molecule has 0 aliphatic heterocycles. The highest BCUT2D eigenvalue weighted by Crippen LogP contribution is 2.44. The van der Waals surface area contributed by atoms with Crippen molar-refractivity contribution in [3.8, 4) is 11.1 Å². The Morgan fingerprint density at radius 3 is 2.14 bits per heavy atom. The number of carboxylic acids is 1. The van der Waals surface area contributed by atoms with Crippen molar-refractivity contribution in [3.63, 3.8) is 0 Å². The quantitative estimate of drug-likeness (QED) is 0.699. The van der Waals surface area contributed by atoms with Crippen molar-refractivity contribution in [2.75, 3.05) is 6.61 Å². The number of rotatable bonds is 6. The molecule has 0 saturated heterocycles. The van der Waals surface area contributed by atoms with Crippen LogP contribution >= 0.6 is 0 Å². The Morgan fingerprint density at radius 2 is 1.62 bits per heavy atom. The molecule has 2 aromatic carbocycles. The van der Waals surface area contributed by atoms with Gasteiger partial charge in [-0.25, -0.2) is 9.59 Å². The molecule has 150 valence electrons. The number of aliphatic carboxylic acids is 1. The van der Waals surface area contributed by atoms with E-state index in [4.69, 9.17) is 9.84 Å². The Labute approximate surface area is 168 Å². The van der Waals surface area contributed by atoms with Crippen molar-refractivity contribution >= 4 is 18.0 Å². The predicted molar refractivity (Wildman–Crippen MR) is 105 cm³/mol. The number of amides is 2. The Morgan fingerprint density at radius 1 is 1.07 bits per heavy atom. The second-order valence-electron chi connectivity index (χ2n) is 7.57. The van der Waals surface area contributed by atoms with Gasteiger partial charge in [-0.15, -0.1) is 0 Å². The van der Waals surface area contributed by atoms with Crippen molar-refractivity contribution in [1.82, 2.24) is 10.6 Å². The van der Waals surface area contributed by atoms with Crippen LogP contribution in [0.2, 0.25) is 0 Å². The first-order valence-corrected chi connectivity index (χ1v) is 9.58. The molecular formula is C22H22N2O5. The summed E-state index contributed by atoms with van der Waals surface area (Å²) in [7, 11) is 0. The second kappa shape index (κ2) is 7.24. The number of carbonyl (C=O) groups is 3. The third kappa shape index (κ3) is 3.55. The maximum atomic E-state index is 12.2. The fourth-order valence-electron chi connectivity index (χ4n) is 3.74. The molecule has 2 aliphatic rings. The van der Waals surface area contributed by atoms with E-state index in [1.165, 1.54) is 6.92 Å². The van der Waals surface area contributed by atoms with Crippen molar-refractivity contribution in [2.45, 2.75) is 37.3 Å². The molecule has 29 heavy (non-hydrogen) atoms. The fraction of sp³-hybridized carbons (Fsp3) is 0.318. The first-order valence-electron chi connectivity index (χ1n) is 9.58. The number of carboxylic acid groups (broad SMARTS) is 1. The van der Waals surface area contributed by atoms with E-state index < -0.39 is 29.6 Å². The van der Waals surface area contributed by atoms with Gasteiger partial charge in [0.25, 0.3) is 0 Å². The predicted octanol–water partition coefficient (Wildman–Crippen LogP) is 2.65. The Hall–Kier alpha value is -3.35. The molecule has 7 heteroatoms. The fourth-order valence-corrected chi connectivity index (χ4v) is 3.74. The highest BCUT2D eigenvalue weighted by molar-refractivity contribution is 5.92. The average molecular weight is 394 g/mol. The third-order valence-electron chi connectivity index (χ3n) is 5.59. The van der Waals surface area contributed by atoms with Gasteiger partial charge in [0.05, 0.1) is 0 Å². The van der Waals surface area contributed by atoms with E-state index in [1.807, 2.05) is 36.4 Å². The molecule has 1 saturated carbocycles. The van der Waals surface area contributed by atoms with Gasteiger partial charge in [0.15, 0.2) is 0 Å². The van der Waals surface area contributed by atoms with E-state index in [1.54, 1.807) is 0 Å². The van der Waals surface area contributed by atoms with Gasteiger partial charge in [-0.3, -0.25) is 4.79 Å². The van der Waals surface area contributed by atoms with E-state index in [2.05, 4.69) is 22.8 Å². The zero-order chi connectivity index (χ0) is 20.6. The summed E-state index contributed by atoms with van der Waals surface area (Å²) in [4.78, 5) is 35.6. The Kier molecular flexibility index (Phi) is 4.74. The summed E-state index contributed by atoms with van der Waals surface area (Å²) in [5.74, 6) is -1.67. The van der Waals surface area contributed by atoms with Crippen LogP contribution in [0.25, 0.3) is 11.1 Å².